The van der Waals surface area contributed by atoms with E-state index in [1.54, 1.807) is 0 Å². The van der Waals surface area contributed by atoms with Gasteiger partial charge >= 0.3 is 0 Å². The van der Waals surface area contributed by atoms with E-state index in [0.717, 1.165) is 24.2 Å². The fraction of sp³-hybridized carbons (Fsp3) is 0.615. The quantitative estimate of drug-likeness (QED) is 0.824. The zero-order valence-electron chi connectivity index (χ0n) is 10.2. The van der Waals surface area contributed by atoms with E-state index >= 15 is 0 Å². The maximum atomic E-state index is 6.11. The highest BCUT2D eigenvalue weighted by Crippen LogP contribution is 2.25. The average molecular weight is 206 g/mol. The summed E-state index contributed by atoms with van der Waals surface area (Å²) in [7, 11) is 0. The molecule has 0 aliphatic rings. The van der Waals surface area contributed by atoms with E-state index in [-0.39, 0.29) is 6.04 Å². The van der Waals surface area contributed by atoms with Gasteiger partial charge < -0.3 is 5.73 Å². The van der Waals surface area contributed by atoms with Crippen molar-refractivity contribution in [2.75, 3.05) is 0 Å². The van der Waals surface area contributed by atoms with Crippen LogP contribution < -0.4 is 5.73 Å². The molecule has 1 rings (SSSR count). The van der Waals surface area contributed by atoms with E-state index < -0.39 is 0 Å². The second-order valence-corrected chi connectivity index (χ2v) is 5.41. The van der Waals surface area contributed by atoms with Crippen LogP contribution in [0.2, 0.25) is 0 Å². The molecule has 0 radical (unpaired) electrons. The van der Waals surface area contributed by atoms with Gasteiger partial charge in [-0.15, -0.1) is 0 Å². The van der Waals surface area contributed by atoms with Gasteiger partial charge in [0.2, 0.25) is 0 Å². The lowest BCUT2D eigenvalue weighted by Gasteiger charge is -2.20. The van der Waals surface area contributed by atoms with Crippen LogP contribution in [0, 0.1) is 12.3 Å². The zero-order valence-corrected chi connectivity index (χ0v) is 10.2. The van der Waals surface area contributed by atoms with Crippen molar-refractivity contribution < 1.29 is 0 Å². The van der Waals surface area contributed by atoms with E-state index in [0.29, 0.717) is 5.41 Å². The maximum absolute atomic E-state index is 6.11. The van der Waals surface area contributed by atoms with Crippen LogP contribution in [0.1, 0.15) is 51.0 Å². The Labute approximate surface area is 92.9 Å². The van der Waals surface area contributed by atoms with E-state index in [4.69, 9.17) is 5.73 Å². The Bertz CT molecular complexity index is 313. The highest BCUT2D eigenvalue weighted by molar-refractivity contribution is 5.12. The minimum Gasteiger partial charge on any atom is -0.323 e. The summed E-state index contributed by atoms with van der Waals surface area (Å²) in [6, 6.07) is 6.11. The third-order valence-corrected chi connectivity index (χ3v) is 2.50. The molecule has 0 saturated carbocycles. The largest absolute Gasteiger partial charge is 0.323 e. The molecule has 1 heterocycles. The first-order valence-corrected chi connectivity index (χ1v) is 5.58. The Hall–Kier alpha value is -0.890. The zero-order chi connectivity index (χ0) is 11.5. The summed E-state index contributed by atoms with van der Waals surface area (Å²) in [6.45, 7) is 8.72. The van der Waals surface area contributed by atoms with Crippen LogP contribution in [0.3, 0.4) is 0 Å². The molecule has 2 nitrogen and oxygen atoms in total. The van der Waals surface area contributed by atoms with Crippen molar-refractivity contribution in [2.45, 2.75) is 46.6 Å². The van der Waals surface area contributed by atoms with Gasteiger partial charge in [0.1, 0.15) is 0 Å². The van der Waals surface area contributed by atoms with Crippen molar-refractivity contribution in [3.63, 3.8) is 0 Å². The third kappa shape index (κ3) is 4.43. The van der Waals surface area contributed by atoms with Crippen LogP contribution >= 0.6 is 0 Å². The molecule has 0 saturated heterocycles. The Balaban J connectivity index is 2.58. The Kier molecular flexibility index (Phi) is 3.86. The van der Waals surface area contributed by atoms with Crippen LogP contribution in [-0.4, -0.2) is 4.98 Å². The van der Waals surface area contributed by atoms with Crippen molar-refractivity contribution in [3.8, 4) is 0 Å². The summed E-state index contributed by atoms with van der Waals surface area (Å²) >= 11 is 0. The van der Waals surface area contributed by atoms with E-state index in [1.165, 1.54) is 0 Å². The summed E-state index contributed by atoms with van der Waals surface area (Å²) in [5.41, 5.74) is 8.51. The number of aryl methyl sites for hydroxylation is 1. The average Bonchev–Trinajstić information content (AvgIpc) is 2.13. The predicted molar refractivity (Wildman–Crippen MR) is 64.6 cm³/mol. The van der Waals surface area contributed by atoms with Crippen molar-refractivity contribution in [1.29, 1.82) is 0 Å². The number of nitrogens with zero attached hydrogens (tertiary/aromatic N) is 1. The minimum atomic E-state index is 0.0733. The lowest BCUT2D eigenvalue weighted by molar-refractivity contribution is 0.348. The molecule has 2 N–H and O–H groups in total. The smallest absolute Gasteiger partial charge is 0.0574 e. The van der Waals surface area contributed by atoms with Gasteiger partial charge in [0, 0.05) is 11.7 Å². The second-order valence-electron chi connectivity index (χ2n) is 5.41. The van der Waals surface area contributed by atoms with Crippen molar-refractivity contribution >= 4 is 0 Å². The van der Waals surface area contributed by atoms with Crippen LogP contribution in [0.5, 0.6) is 0 Å². The summed E-state index contributed by atoms with van der Waals surface area (Å²) in [5.74, 6) is 0. The third-order valence-electron chi connectivity index (χ3n) is 2.50. The predicted octanol–water partition coefficient (Wildman–Crippen LogP) is 3.22. The molecule has 0 bridgehead atoms. The highest BCUT2D eigenvalue weighted by atomic mass is 14.8. The van der Waals surface area contributed by atoms with Crippen LogP contribution in [0.25, 0.3) is 0 Å². The van der Waals surface area contributed by atoms with Crippen LogP contribution in [0.4, 0.5) is 0 Å². The van der Waals surface area contributed by atoms with Gasteiger partial charge in [0.05, 0.1) is 5.69 Å². The normalized spacial score (nSPS) is 13.9. The first-order chi connectivity index (χ1) is 6.88. The van der Waals surface area contributed by atoms with Crippen molar-refractivity contribution in [1.82, 2.24) is 4.98 Å². The molecule has 0 aromatic carbocycles. The number of hydrogen-bond acceptors (Lipinski definition) is 2. The van der Waals surface area contributed by atoms with Gasteiger partial charge in [-0.1, -0.05) is 26.8 Å². The Morgan fingerprint density at radius 2 is 2.00 bits per heavy atom. The molecule has 15 heavy (non-hydrogen) atoms. The second kappa shape index (κ2) is 4.75. The standard InChI is InChI=1S/C13H22N2/c1-10-6-5-7-12(15-10)11(14)8-9-13(2,3)4/h5-7,11H,8-9,14H2,1-4H3. The van der Waals surface area contributed by atoms with E-state index in [2.05, 4.69) is 25.8 Å². The number of aromatic nitrogens is 1. The minimum absolute atomic E-state index is 0.0733. The summed E-state index contributed by atoms with van der Waals surface area (Å²) in [4.78, 5) is 4.45. The molecule has 0 amide bonds. The lowest BCUT2D eigenvalue weighted by Crippen LogP contribution is -2.16. The van der Waals surface area contributed by atoms with Crippen molar-refractivity contribution in [2.24, 2.45) is 11.1 Å². The van der Waals surface area contributed by atoms with Crippen molar-refractivity contribution in [3.05, 3.63) is 29.6 Å². The van der Waals surface area contributed by atoms with Crippen LogP contribution in [-0.2, 0) is 0 Å². The van der Waals surface area contributed by atoms with Gasteiger partial charge in [-0.2, -0.15) is 0 Å². The molecular weight excluding hydrogens is 184 g/mol. The van der Waals surface area contributed by atoms with Gasteiger partial charge in [-0.05, 0) is 37.3 Å². The van der Waals surface area contributed by atoms with Gasteiger partial charge in [0.15, 0.2) is 0 Å². The Morgan fingerprint density at radius 3 is 2.53 bits per heavy atom. The Morgan fingerprint density at radius 1 is 1.33 bits per heavy atom. The van der Waals surface area contributed by atoms with E-state index in [1.807, 2.05) is 25.1 Å². The first-order valence-electron chi connectivity index (χ1n) is 5.58. The highest BCUT2D eigenvalue weighted by Gasteiger charge is 2.14. The molecule has 1 atom stereocenters. The monoisotopic (exact) mass is 206 g/mol. The molecule has 0 spiro atoms. The molecule has 0 aliphatic heterocycles. The van der Waals surface area contributed by atoms with Crippen LogP contribution in [0.15, 0.2) is 18.2 Å². The fourth-order valence-electron chi connectivity index (χ4n) is 1.51. The number of nitrogens with two attached hydrogens (primary N) is 1. The summed E-state index contributed by atoms with van der Waals surface area (Å²) < 4.78 is 0. The SMILES string of the molecule is Cc1cccc(C(N)CCC(C)(C)C)n1. The molecule has 1 aromatic heterocycles. The van der Waals surface area contributed by atoms with Gasteiger partial charge in [0.25, 0.3) is 0 Å². The molecule has 2 heteroatoms. The molecule has 0 fully saturated rings. The summed E-state index contributed by atoms with van der Waals surface area (Å²) in [5, 5.41) is 0. The molecule has 0 aliphatic carbocycles. The maximum Gasteiger partial charge on any atom is 0.0574 e. The molecule has 1 aromatic rings. The molecular formula is C13H22N2. The first kappa shape index (κ1) is 12.2. The number of rotatable bonds is 3. The topological polar surface area (TPSA) is 38.9 Å². The number of pyridine rings is 1. The van der Waals surface area contributed by atoms with Gasteiger partial charge in [-0.3, -0.25) is 4.98 Å². The lowest BCUT2D eigenvalue weighted by atomic mass is 9.88. The van der Waals surface area contributed by atoms with E-state index in [9.17, 15) is 0 Å². The molecule has 84 valence electrons. The fourth-order valence-corrected chi connectivity index (χ4v) is 1.51. The molecule has 1 unspecified atom stereocenters. The van der Waals surface area contributed by atoms with Gasteiger partial charge in [-0.25, -0.2) is 0 Å². The summed E-state index contributed by atoms with van der Waals surface area (Å²) in [6.07, 6.45) is 2.13. The number of hydrogen-bond donors (Lipinski definition) is 1.